The summed E-state index contributed by atoms with van der Waals surface area (Å²) in [5, 5.41) is 2.97. The molecule has 0 unspecified atom stereocenters. The highest BCUT2D eigenvalue weighted by molar-refractivity contribution is 6.35. The quantitative estimate of drug-likeness (QED) is 0.409. The van der Waals surface area contributed by atoms with Crippen molar-refractivity contribution in [3.63, 3.8) is 0 Å². The maximum atomic E-state index is 6.46. The van der Waals surface area contributed by atoms with Crippen molar-refractivity contribution in [1.29, 1.82) is 0 Å². The largest absolute Gasteiger partial charge is 0.248 e. The van der Waals surface area contributed by atoms with Crippen LogP contribution in [0.25, 0.3) is 32.9 Å². The molecule has 3 aromatic carbocycles. The second-order valence-electron chi connectivity index (χ2n) is 5.04. The van der Waals surface area contributed by atoms with Gasteiger partial charge in [0.25, 0.3) is 0 Å². The lowest BCUT2D eigenvalue weighted by Gasteiger charge is -2.10. The SMILES string of the molecule is Clc1ccc2nc3ccccc3cc2c1-c1ccccc1. The Morgan fingerprint density at radius 1 is 0.714 bits per heavy atom. The van der Waals surface area contributed by atoms with E-state index in [0.717, 1.165) is 38.0 Å². The van der Waals surface area contributed by atoms with Crippen molar-refractivity contribution in [1.82, 2.24) is 4.98 Å². The number of pyridine rings is 1. The first-order valence-corrected chi connectivity index (χ1v) is 7.24. The van der Waals surface area contributed by atoms with Gasteiger partial charge in [0, 0.05) is 21.4 Å². The van der Waals surface area contributed by atoms with Crippen LogP contribution in [0.1, 0.15) is 0 Å². The predicted molar refractivity (Wildman–Crippen MR) is 89.7 cm³/mol. The minimum atomic E-state index is 0.755. The van der Waals surface area contributed by atoms with Gasteiger partial charge in [0.15, 0.2) is 0 Å². The molecule has 1 heterocycles. The van der Waals surface area contributed by atoms with Crippen LogP contribution >= 0.6 is 11.6 Å². The van der Waals surface area contributed by atoms with Crippen molar-refractivity contribution >= 4 is 33.4 Å². The lowest BCUT2D eigenvalue weighted by atomic mass is 9.99. The van der Waals surface area contributed by atoms with Crippen molar-refractivity contribution < 1.29 is 0 Å². The van der Waals surface area contributed by atoms with Gasteiger partial charge in [-0.15, -0.1) is 0 Å². The number of para-hydroxylation sites is 1. The fourth-order valence-corrected chi connectivity index (χ4v) is 2.99. The van der Waals surface area contributed by atoms with Gasteiger partial charge >= 0.3 is 0 Å². The lowest BCUT2D eigenvalue weighted by molar-refractivity contribution is 1.49. The van der Waals surface area contributed by atoms with Crippen molar-refractivity contribution in [2.24, 2.45) is 0 Å². The van der Waals surface area contributed by atoms with E-state index in [9.17, 15) is 0 Å². The number of aromatic nitrogens is 1. The van der Waals surface area contributed by atoms with Crippen LogP contribution in [0.4, 0.5) is 0 Å². The molecule has 0 radical (unpaired) electrons. The zero-order valence-electron chi connectivity index (χ0n) is 11.3. The topological polar surface area (TPSA) is 12.9 Å². The Morgan fingerprint density at radius 2 is 1.48 bits per heavy atom. The summed E-state index contributed by atoms with van der Waals surface area (Å²) >= 11 is 6.46. The van der Waals surface area contributed by atoms with Crippen LogP contribution in [-0.4, -0.2) is 4.98 Å². The average molecular weight is 290 g/mol. The Hall–Kier alpha value is -2.38. The zero-order valence-corrected chi connectivity index (χ0v) is 12.0. The van der Waals surface area contributed by atoms with E-state index in [4.69, 9.17) is 16.6 Å². The molecule has 0 fully saturated rings. The van der Waals surface area contributed by atoms with Crippen LogP contribution < -0.4 is 0 Å². The maximum Gasteiger partial charge on any atom is 0.0717 e. The number of benzene rings is 3. The molecule has 0 spiro atoms. The van der Waals surface area contributed by atoms with Gasteiger partial charge in [-0.05, 0) is 29.8 Å². The smallest absolute Gasteiger partial charge is 0.0717 e. The summed E-state index contributed by atoms with van der Waals surface area (Å²) in [7, 11) is 0. The molecule has 0 atom stereocenters. The molecular weight excluding hydrogens is 278 g/mol. The minimum Gasteiger partial charge on any atom is -0.248 e. The highest BCUT2D eigenvalue weighted by Gasteiger charge is 2.10. The summed E-state index contributed by atoms with van der Waals surface area (Å²) < 4.78 is 0. The fraction of sp³-hybridized carbons (Fsp3) is 0. The van der Waals surface area contributed by atoms with Crippen molar-refractivity contribution in [3.05, 3.63) is 77.8 Å². The molecule has 2 heteroatoms. The molecule has 1 aromatic heterocycles. The Balaban J connectivity index is 2.14. The number of rotatable bonds is 1. The molecule has 0 saturated heterocycles. The third kappa shape index (κ3) is 2.07. The summed E-state index contributed by atoms with van der Waals surface area (Å²) in [6.45, 7) is 0. The number of nitrogens with zero attached hydrogens (tertiary/aromatic N) is 1. The molecule has 1 nitrogen and oxygen atoms in total. The molecule has 0 aliphatic rings. The third-order valence-corrected chi connectivity index (χ3v) is 4.03. The minimum absolute atomic E-state index is 0.755. The van der Waals surface area contributed by atoms with Gasteiger partial charge in [-0.1, -0.05) is 60.1 Å². The molecule has 0 aliphatic heterocycles. The second kappa shape index (κ2) is 4.87. The normalized spacial score (nSPS) is 11.1. The molecular formula is C19H12ClN. The van der Waals surface area contributed by atoms with E-state index < -0.39 is 0 Å². The Bertz CT molecular complexity index is 945. The van der Waals surface area contributed by atoms with E-state index in [0.29, 0.717) is 0 Å². The van der Waals surface area contributed by atoms with Gasteiger partial charge in [-0.2, -0.15) is 0 Å². The molecule has 0 saturated carbocycles. The van der Waals surface area contributed by atoms with Crippen LogP contribution in [0.5, 0.6) is 0 Å². The highest BCUT2D eigenvalue weighted by atomic mass is 35.5. The molecule has 0 amide bonds. The van der Waals surface area contributed by atoms with Gasteiger partial charge in [0.1, 0.15) is 0 Å². The molecule has 100 valence electrons. The standard InChI is InChI=1S/C19H12ClN/c20-16-10-11-18-15(19(16)13-6-2-1-3-7-13)12-14-8-4-5-9-17(14)21-18/h1-12H. The van der Waals surface area contributed by atoms with Gasteiger partial charge in [0.05, 0.1) is 11.0 Å². The van der Waals surface area contributed by atoms with E-state index >= 15 is 0 Å². The van der Waals surface area contributed by atoms with Gasteiger partial charge in [-0.25, -0.2) is 4.98 Å². The summed E-state index contributed by atoms with van der Waals surface area (Å²) in [6, 6.07) is 24.5. The fourth-order valence-electron chi connectivity index (χ4n) is 2.72. The van der Waals surface area contributed by atoms with E-state index in [1.54, 1.807) is 0 Å². The van der Waals surface area contributed by atoms with E-state index in [2.05, 4.69) is 24.3 Å². The molecule has 0 N–H and O–H groups in total. The maximum absolute atomic E-state index is 6.46. The molecule has 4 rings (SSSR count). The van der Waals surface area contributed by atoms with Gasteiger partial charge < -0.3 is 0 Å². The first kappa shape index (κ1) is 12.4. The average Bonchev–Trinajstić information content (AvgIpc) is 2.54. The summed E-state index contributed by atoms with van der Waals surface area (Å²) in [5.74, 6) is 0. The first-order valence-electron chi connectivity index (χ1n) is 6.86. The van der Waals surface area contributed by atoms with Gasteiger partial charge in [-0.3, -0.25) is 0 Å². The van der Waals surface area contributed by atoms with Crippen LogP contribution in [0.15, 0.2) is 72.8 Å². The summed E-state index contributed by atoms with van der Waals surface area (Å²) in [5.41, 5.74) is 4.14. The molecule has 21 heavy (non-hydrogen) atoms. The lowest BCUT2D eigenvalue weighted by Crippen LogP contribution is -1.87. The van der Waals surface area contributed by atoms with Crippen molar-refractivity contribution in [3.8, 4) is 11.1 Å². The van der Waals surface area contributed by atoms with Crippen LogP contribution in [-0.2, 0) is 0 Å². The number of halogens is 1. The number of hydrogen-bond donors (Lipinski definition) is 0. The van der Waals surface area contributed by atoms with Crippen LogP contribution in [0, 0.1) is 0 Å². The van der Waals surface area contributed by atoms with Gasteiger partial charge in [0.2, 0.25) is 0 Å². The second-order valence-corrected chi connectivity index (χ2v) is 5.44. The van der Waals surface area contributed by atoms with E-state index in [1.165, 1.54) is 0 Å². The third-order valence-electron chi connectivity index (χ3n) is 3.71. The Labute approximate surface area is 127 Å². The van der Waals surface area contributed by atoms with Crippen LogP contribution in [0.2, 0.25) is 5.02 Å². The van der Waals surface area contributed by atoms with Crippen molar-refractivity contribution in [2.75, 3.05) is 0 Å². The highest BCUT2D eigenvalue weighted by Crippen LogP contribution is 2.35. The zero-order chi connectivity index (χ0) is 14.2. The van der Waals surface area contributed by atoms with E-state index in [1.807, 2.05) is 48.5 Å². The predicted octanol–water partition coefficient (Wildman–Crippen LogP) is 5.71. The molecule has 0 aliphatic carbocycles. The Kier molecular flexibility index (Phi) is 2.87. The molecule has 0 bridgehead atoms. The first-order chi connectivity index (χ1) is 10.3. The number of fused-ring (bicyclic) bond motifs is 2. The van der Waals surface area contributed by atoms with Crippen molar-refractivity contribution in [2.45, 2.75) is 0 Å². The summed E-state index contributed by atoms with van der Waals surface area (Å²) in [6.07, 6.45) is 0. The molecule has 4 aromatic rings. The number of hydrogen-bond acceptors (Lipinski definition) is 1. The monoisotopic (exact) mass is 289 g/mol. The summed E-state index contributed by atoms with van der Waals surface area (Å²) in [4.78, 5) is 4.75. The van der Waals surface area contributed by atoms with E-state index in [-0.39, 0.29) is 0 Å². The Morgan fingerprint density at radius 3 is 2.33 bits per heavy atom. The van der Waals surface area contributed by atoms with Crippen LogP contribution in [0.3, 0.4) is 0 Å².